The number of nitrogens with one attached hydrogen (secondary N) is 1. The van der Waals surface area contributed by atoms with Crippen molar-refractivity contribution >= 4 is 0 Å². The topological polar surface area (TPSA) is 55.0 Å². The second kappa shape index (κ2) is 7.02. The number of nitrogens with zero attached hydrogens (tertiary/aromatic N) is 1. The van der Waals surface area contributed by atoms with Crippen molar-refractivity contribution in [2.24, 2.45) is 5.92 Å². The molecule has 0 spiro atoms. The summed E-state index contributed by atoms with van der Waals surface area (Å²) >= 11 is 0. The summed E-state index contributed by atoms with van der Waals surface area (Å²) in [5.74, 6) is 1.21. The van der Waals surface area contributed by atoms with E-state index in [2.05, 4.69) is 9.97 Å². The number of aromatic nitrogens is 2. The molecule has 1 N–H and O–H groups in total. The van der Waals surface area contributed by atoms with Crippen molar-refractivity contribution in [2.45, 2.75) is 65.4 Å². The monoisotopic (exact) mass is 278 g/mol. The summed E-state index contributed by atoms with van der Waals surface area (Å²) in [6.45, 7) is 6.56. The Balaban J connectivity index is 2.31. The van der Waals surface area contributed by atoms with Gasteiger partial charge in [-0.05, 0) is 39.0 Å². The highest BCUT2D eigenvalue weighted by Gasteiger charge is 2.28. The summed E-state index contributed by atoms with van der Waals surface area (Å²) in [6, 6.07) is 0. The molecule has 1 saturated carbocycles. The number of aromatic amines is 1. The second-order valence-corrected chi connectivity index (χ2v) is 5.64. The van der Waals surface area contributed by atoms with E-state index in [1.54, 1.807) is 0 Å². The van der Waals surface area contributed by atoms with Crippen LogP contribution in [-0.2, 0) is 11.2 Å². The van der Waals surface area contributed by atoms with E-state index >= 15 is 0 Å². The van der Waals surface area contributed by atoms with Gasteiger partial charge in [0, 0.05) is 17.9 Å². The molecule has 1 heterocycles. The third-order valence-electron chi connectivity index (χ3n) is 4.29. The van der Waals surface area contributed by atoms with Crippen LogP contribution >= 0.6 is 0 Å². The average molecular weight is 278 g/mol. The first-order chi connectivity index (χ1) is 9.67. The number of rotatable bonds is 5. The fourth-order valence-electron chi connectivity index (χ4n) is 3.24. The molecule has 0 bridgehead atoms. The second-order valence-electron chi connectivity index (χ2n) is 5.64. The Morgan fingerprint density at radius 1 is 1.30 bits per heavy atom. The quantitative estimate of drug-likeness (QED) is 0.899. The zero-order valence-corrected chi connectivity index (χ0v) is 12.9. The summed E-state index contributed by atoms with van der Waals surface area (Å²) < 4.78 is 5.92. The molecule has 0 aromatic carbocycles. The molecular weight excluding hydrogens is 252 g/mol. The Morgan fingerprint density at radius 3 is 2.55 bits per heavy atom. The van der Waals surface area contributed by atoms with Gasteiger partial charge in [0.25, 0.3) is 5.56 Å². The first-order valence-corrected chi connectivity index (χ1v) is 7.88. The van der Waals surface area contributed by atoms with E-state index in [4.69, 9.17) is 4.74 Å². The normalized spacial score (nSPS) is 18.1. The van der Waals surface area contributed by atoms with Crippen LogP contribution in [-0.4, -0.2) is 16.6 Å². The van der Waals surface area contributed by atoms with Crippen LogP contribution in [0.3, 0.4) is 0 Å². The Kier molecular flexibility index (Phi) is 5.35. The lowest BCUT2D eigenvalue weighted by Crippen LogP contribution is -2.26. The molecule has 20 heavy (non-hydrogen) atoms. The summed E-state index contributed by atoms with van der Waals surface area (Å²) in [5.41, 5.74) is 1.62. The fraction of sp³-hybridized carbons (Fsp3) is 0.750. The lowest BCUT2D eigenvalue weighted by molar-refractivity contribution is -0.000474. The van der Waals surface area contributed by atoms with Gasteiger partial charge in [0.15, 0.2) is 0 Å². The van der Waals surface area contributed by atoms with E-state index in [0.717, 1.165) is 23.5 Å². The molecule has 0 saturated heterocycles. The highest BCUT2D eigenvalue weighted by Crippen LogP contribution is 2.35. The van der Waals surface area contributed by atoms with Gasteiger partial charge in [-0.25, -0.2) is 4.98 Å². The van der Waals surface area contributed by atoms with Gasteiger partial charge in [0.05, 0.1) is 0 Å². The first kappa shape index (κ1) is 15.2. The molecule has 4 nitrogen and oxygen atoms in total. The molecule has 0 radical (unpaired) electrons. The van der Waals surface area contributed by atoms with Crippen LogP contribution in [0.2, 0.25) is 0 Å². The minimum Gasteiger partial charge on any atom is -0.370 e. The molecule has 112 valence electrons. The van der Waals surface area contributed by atoms with Crippen molar-refractivity contribution in [2.75, 3.05) is 6.61 Å². The largest absolute Gasteiger partial charge is 0.370 e. The Morgan fingerprint density at radius 2 is 2.00 bits per heavy atom. The zero-order valence-electron chi connectivity index (χ0n) is 12.9. The van der Waals surface area contributed by atoms with Gasteiger partial charge in [0.1, 0.15) is 11.9 Å². The predicted octanol–water partition coefficient (Wildman–Crippen LogP) is 3.30. The molecule has 1 atom stereocenters. The lowest BCUT2D eigenvalue weighted by atomic mass is 9.85. The number of H-pyrrole nitrogens is 1. The van der Waals surface area contributed by atoms with Crippen molar-refractivity contribution < 1.29 is 4.74 Å². The summed E-state index contributed by atoms with van der Waals surface area (Å²) in [4.78, 5) is 19.7. The van der Waals surface area contributed by atoms with E-state index in [0.29, 0.717) is 12.5 Å². The molecule has 1 unspecified atom stereocenters. The van der Waals surface area contributed by atoms with Gasteiger partial charge < -0.3 is 9.72 Å². The fourth-order valence-corrected chi connectivity index (χ4v) is 3.24. The third-order valence-corrected chi connectivity index (χ3v) is 4.29. The van der Waals surface area contributed by atoms with Crippen LogP contribution in [0.5, 0.6) is 0 Å². The van der Waals surface area contributed by atoms with Crippen molar-refractivity contribution in [1.29, 1.82) is 0 Å². The molecule has 1 aromatic rings. The summed E-state index contributed by atoms with van der Waals surface area (Å²) in [6.07, 6.45) is 6.82. The van der Waals surface area contributed by atoms with Crippen molar-refractivity contribution in [3.8, 4) is 0 Å². The SMILES string of the molecule is CCOC(c1nc(C)c(CC)c(=O)[nH]1)C1CCCCC1. The van der Waals surface area contributed by atoms with E-state index < -0.39 is 0 Å². The summed E-state index contributed by atoms with van der Waals surface area (Å²) in [5, 5.41) is 0. The highest BCUT2D eigenvalue weighted by atomic mass is 16.5. The van der Waals surface area contributed by atoms with Crippen LogP contribution in [0, 0.1) is 12.8 Å². The average Bonchev–Trinajstić information content (AvgIpc) is 2.45. The van der Waals surface area contributed by atoms with Gasteiger partial charge in [-0.1, -0.05) is 26.2 Å². The Bertz CT molecular complexity index is 490. The molecule has 0 aliphatic heterocycles. The highest BCUT2D eigenvalue weighted by molar-refractivity contribution is 5.17. The molecule has 1 aromatic heterocycles. The number of ether oxygens (including phenoxy) is 1. The molecule has 2 rings (SSSR count). The van der Waals surface area contributed by atoms with Crippen LogP contribution in [0.15, 0.2) is 4.79 Å². The van der Waals surface area contributed by atoms with Gasteiger partial charge in [-0.15, -0.1) is 0 Å². The number of aryl methyl sites for hydroxylation is 1. The maximum absolute atomic E-state index is 12.1. The maximum atomic E-state index is 12.1. The van der Waals surface area contributed by atoms with Gasteiger partial charge in [-0.3, -0.25) is 4.79 Å². The van der Waals surface area contributed by atoms with Crippen molar-refractivity contribution in [1.82, 2.24) is 9.97 Å². The van der Waals surface area contributed by atoms with E-state index in [1.165, 1.54) is 32.1 Å². The maximum Gasteiger partial charge on any atom is 0.254 e. The molecular formula is C16H26N2O2. The summed E-state index contributed by atoms with van der Waals surface area (Å²) in [7, 11) is 0. The first-order valence-electron chi connectivity index (χ1n) is 7.88. The number of hydrogen-bond acceptors (Lipinski definition) is 3. The molecule has 4 heteroatoms. The molecule has 0 amide bonds. The van der Waals surface area contributed by atoms with E-state index in [9.17, 15) is 4.79 Å². The van der Waals surface area contributed by atoms with Crippen molar-refractivity contribution in [3.05, 3.63) is 27.4 Å². The standard InChI is InChI=1S/C16H26N2O2/c1-4-13-11(3)17-15(18-16(13)19)14(20-5-2)12-9-7-6-8-10-12/h12,14H,4-10H2,1-3H3,(H,17,18,19). The van der Waals surface area contributed by atoms with Crippen LogP contribution < -0.4 is 5.56 Å². The van der Waals surface area contributed by atoms with Crippen LogP contribution in [0.4, 0.5) is 0 Å². The van der Waals surface area contributed by atoms with E-state index in [-0.39, 0.29) is 11.7 Å². The van der Waals surface area contributed by atoms with Gasteiger partial charge in [0.2, 0.25) is 0 Å². The minimum atomic E-state index is -0.0578. The Hall–Kier alpha value is -1.16. The Labute approximate surface area is 121 Å². The number of hydrogen-bond donors (Lipinski definition) is 1. The molecule has 1 aliphatic rings. The molecule has 1 aliphatic carbocycles. The van der Waals surface area contributed by atoms with Crippen LogP contribution in [0.25, 0.3) is 0 Å². The van der Waals surface area contributed by atoms with E-state index in [1.807, 2.05) is 20.8 Å². The van der Waals surface area contributed by atoms with Gasteiger partial charge in [-0.2, -0.15) is 0 Å². The predicted molar refractivity (Wildman–Crippen MR) is 79.9 cm³/mol. The zero-order chi connectivity index (χ0) is 14.5. The third kappa shape index (κ3) is 3.29. The van der Waals surface area contributed by atoms with Gasteiger partial charge >= 0.3 is 0 Å². The van der Waals surface area contributed by atoms with Crippen LogP contribution in [0.1, 0.15) is 69.1 Å². The smallest absolute Gasteiger partial charge is 0.254 e. The molecule has 1 fully saturated rings. The van der Waals surface area contributed by atoms with Crippen molar-refractivity contribution in [3.63, 3.8) is 0 Å². The minimum absolute atomic E-state index is 0.00416. The lowest BCUT2D eigenvalue weighted by Gasteiger charge is -2.29.